The van der Waals surface area contributed by atoms with E-state index in [9.17, 15) is 9.59 Å². The van der Waals surface area contributed by atoms with Crippen molar-refractivity contribution >= 4 is 11.9 Å². The van der Waals surface area contributed by atoms with E-state index >= 15 is 0 Å². The minimum absolute atomic E-state index is 0.0317. The smallest absolute Gasteiger partial charge is 0.307 e. The summed E-state index contributed by atoms with van der Waals surface area (Å²) in [6.45, 7) is 5.14. The zero-order valence-electron chi connectivity index (χ0n) is 12.5. The molecule has 0 aliphatic carbocycles. The van der Waals surface area contributed by atoms with Crippen LogP contribution in [0.1, 0.15) is 71.6 Å². The lowest BCUT2D eigenvalue weighted by Gasteiger charge is -2.06. The second-order valence-electron chi connectivity index (χ2n) is 4.84. The van der Waals surface area contributed by atoms with Gasteiger partial charge in [0.1, 0.15) is 0 Å². The van der Waals surface area contributed by atoms with Gasteiger partial charge in [-0.1, -0.05) is 46.0 Å². The van der Waals surface area contributed by atoms with Gasteiger partial charge in [-0.15, -0.1) is 0 Å². The van der Waals surface area contributed by atoms with Gasteiger partial charge in [-0.05, 0) is 12.8 Å². The van der Waals surface area contributed by atoms with Gasteiger partial charge in [0.05, 0.1) is 13.0 Å². The Bertz CT molecular complexity index is 242. The average molecular weight is 271 g/mol. The van der Waals surface area contributed by atoms with Crippen molar-refractivity contribution in [2.24, 2.45) is 0 Å². The second-order valence-corrected chi connectivity index (χ2v) is 4.84. The number of unbranched alkanes of at least 4 members (excludes halogenated alkanes) is 5. The maximum Gasteiger partial charge on any atom is 0.307 e. The van der Waals surface area contributed by atoms with Crippen LogP contribution in [0.5, 0.6) is 0 Å². The third-order valence-corrected chi connectivity index (χ3v) is 2.92. The number of ether oxygens (including phenoxy) is 1. The van der Waals surface area contributed by atoms with Crippen LogP contribution in [0.2, 0.25) is 0 Å². The largest absolute Gasteiger partial charge is 0.466 e. The van der Waals surface area contributed by atoms with Crippen LogP contribution in [0, 0.1) is 0 Å². The highest BCUT2D eigenvalue weighted by Crippen LogP contribution is 2.00. The van der Waals surface area contributed by atoms with Crippen LogP contribution in [0.3, 0.4) is 0 Å². The van der Waals surface area contributed by atoms with Crippen molar-refractivity contribution in [1.82, 2.24) is 5.32 Å². The lowest BCUT2D eigenvalue weighted by Crippen LogP contribution is -2.26. The topological polar surface area (TPSA) is 55.4 Å². The predicted octanol–water partition coefficient (Wildman–Crippen LogP) is 3.20. The number of carbonyl (C=O) groups excluding carboxylic acids is 2. The minimum atomic E-state index is -0.217. The van der Waals surface area contributed by atoms with Crippen LogP contribution in [0.15, 0.2) is 0 Å². The molecule has 0 heterocycles. The van der Waals surface area contributed by atoms with Crippen LogP contribution >= 0.6 is 0 Å². The molecule has 0 aliphatic rings. The summed E-state index contributed by atoms with van der Waals surface area (Å²) in [5.74, 6) is -0.186. The number of amides is 1. The molecule has 0 fully saturated rings. The van der Waals surface area contributed by atoms with Crippen LogP contribution in [0.25, 0.3) is 0 Å². The summed E-state index contributed by atoms with van der Waals surface area (Å²) in [6.07, 6.45) is 8.34. The van der Waals surface area contributed by atoms with Crippen molar-refractivity contribution in [3.05, 3.63) is 0 Å². The predicted molar refractivity (Wildman–Crippen MR) is 76.9 cm³/mol. The van der Waals surface area contributed by atoms with Gasteiger partial charge in [0, 0.05) is 13.0 Å². The Morgan fingerprint density at radius 3 is 2.26 bits per heavy atom. The molecule has 0 radical (unpaired) electrons. The average Bonchev–Trinajstić information content (AvgIpc) is 2.39. The van der Waals surface area contributed by atoms with Gasteiger partial charge >= 0.3 is 5.97 Å². The molecule has 19 heavy (non-hydrogen) atoms. The van der Waals surface area contributed by atoms with Crippen LogP contribution < -0.4 is 5.32 Å². The normalized spacial score (nSPS) is 10.2. The zero-order chi connectivity index (χ0) is 14.3. The Morgan fingerprint density at radius 1 is 0.895 bits per heavy atom. The summed E-state index contributed by atoms with van der Waals surface area (Å²) in [7, 11) is 0. The fraction of sp³-hybridized carbons (Fsp3) is 0.867. The number of carbonyl (C=O) groups is 2. The summed E-state index contributed by atoms with van der Waals surface area (Å²) < 4.78 is 5.08. The molecular weight excluding hydrogens is 242 g/mol. The molecule has 0 spiro atoms. The van der Waals surface area contributed by atoms with E-state index in [1.807, 2.05) is 0 Å². The van der Waals surface area contributed by atoms with Gasteiger partial charge in [0.15, 0.2) is 0 Å². The molecular formula is C15H29NO3. The lowest BCUT2D eigenvalue weighted by atomic mass is 10.2. The quantitative estimate of drug-likeness (QED) is 0.438. The molecule has 0 bridgehead atoms. The van der Waals surface area contributed by atoms with Gasteiger partial charge in [-0.2, -0.15) is 0 Å². The Labute approximate surface area is 117 Å². The molecule has 0 aliphatic heterocycles. The number of nitrogens with one attached hydrogen (secondary N) is 1. The first-order chi connectivity index (χ1) is 9.20. The Morgan fingerprint density at radius 2 is 1.58 bits per heavy atom. The highest BCUT2D eigenvalue weighted by molar-refractivity contribution is 5.76. The SMILES string of the molecule is CCCCCCOC(=O)CCNC(=O)CCCCC. The fourth-order valence-electron chi connectivity index (χ4n) is 1.71. The number of esters is 1. The highest BCUT2D eigenvalue weighted by atomic mass is 16.5. The molecule has 1 amide bonds. The summed E-state index contributed by atoms with van der Waals surface area (Å²) >= 11 is 0. The van der Waals surface area contributed by atoms with E-state index < -0.39 is 0 Å². The van der Waals surface area contributed by atoms with E-state index in [1.54, 1.807) is 0 Å². The molecule has 0 saturated heterocycles. The third-order valence-electron chi connectivity index (χ3n) is 2.92. The van der Waals surface area contributed by atoms with E-state index in [-0.39, 0.29) is 18.3 Å². The molecule has 0 aromatic carbocycles. The van der Waals surface area contributed by atoms with Crippen LogP contribution in [-0.4, -0.2) is 25.0 Å². The van der Waals surface area contributed by atoms with Crippen molar-refractivity contribution in [1.29, 1.82) is 0 Å². The Hall–Kier alpha value is -1.06. The fourth-order valence-corrected chi connectivity index (χ4v) is 1.71. The number of rotatable bonds is 12. The molecule has 4 heteroatoms. The van der Waals surface area contributed by atoms with Gasteiger partial charge in [-0.3, -0.25) is 9.59 Å². The first kappa shape index (κ1) is 17.9. The van der Waals surface area contributed by atoms with Gasteiger partial charge in [0.25, 0.3) is 0 Å². The van der Waals surface area contributed by atoms with Crippen molar-refractivity contribution in [3.63, 3.8) is 0 Å². The van der Waals surface area contributed by atoms with Gasteiger partial charge < -0.3 is 10.1 Å². The maximum atomic E-state index is 11.4. The molecule has 0 rings (SSSR count). The summed E-state index contributed by atoms with van der Waals surface area (Å²) in [6, 6.07) is 0. The van der Waals surface area contributed by atoms with Crippen LogP contribution in [-0.2, 0) is 14.3 Å². The number of hydrogen-bond acceptors (Lipinski definition) is 3. The van der Waals surface area contributed by atoms with E-state index in [2.05, 4.69) is 19.2 Å². The van der Waals surface area contributed by atoms with E-state index in [0.29, 0.717) is 19.6 Å². The molecule has 0 aromatic heterocycles. The Balaban J connectivity index is 3.34. The van der Waals surface area contributed by atoms with E-state index in [4.69, 9.17) is 4.74 Å². The monoisotopic (exact) mass is 271 g/mol. The van der Waals surface area contributed by atoms with E-state index in [1.165, 1.54) is 12.8 Å². The maximum absolute atomic E-state index is 11.4. The molecule has 4 nitrogen and oxygen atoms in total. The van der Waals surface area contributed by atoms with Crippen molar-refractivity contribution in [2.45, 2.75) is 71.6 Å². The molecule has 0 saturated carbocycles. The van der Waals surface area contributed by atoms with Crippen LogP contribution in [0.4, 0.5) is 0 Å². The molecule has 0 unspecified atom stereocenters. The van der Waals surface area contributed by atoms with Gasteiger partial charge in [0.2, 0.25) is 5.91 Å². The first-order valence-electron chi connectivity index (χ1n) is 7.63. The van der Waals surface area contributed by atoms with E-state index in [0.717, 1.165) is 32.1 Å². The van der Waals surface area contributed by atoms with Crippen molar-refractivity contribution in [2.75, 3.05) is 13.2 Å². The minimum Gasteiger partial charge on any atom is -0.466 e. The highest BCUT2D eigenvalue weighted by Gasteiger charge is 2.04. The molecule has 0 aromatic rings. The summed E-state index contributed by atoms with van der Waals surface area (Å²) in [4.78, 5) is 22.7. The zero-order valence-corrected chi connectivity index (χ0v) is 12.5. The third kappa shape index (κ3) is 13.2. The number of hydrogen-bond donors (Lipinski definition) is 1. The standard InChI is InChI=1S/C15H29NO3/c1-3-5-7-9-13-19-15(18)11-12-16-14(17)10-8-6-4-2/h3-13H2,1-2H3,(H,16,17). The molecule has 1 N–H and O–H groups in total. The molecule has 112 valence electrons. The second kappa shape index (κ2) is 13.4. The van der Waals surface area contributed by atoms with Crippen molar-refractivity contribution < 1.29 is 14.3 Å². The first-order valence-corrected chi connectivity index (χ1v) is 7.63. The van der Waals surface area contributed by atoms with Gasteiger partial charge in [-0.25, -0.2) is 0 Å². The van der Waals surface area contributed by atoms with Crippen molar-refractivity contribution in [3.8, 4) is 0 Å². The lowest BCUT2D eigenvalue weighted by molar-refractivity contribution is -0.143. The summed E-state index contributed by atoms with van der Waals surface area (Å²) in [5.41, 5.74) is 0. The molecule has 0 atom stereocenters. The summed E-state index contributed by atoms with van der Waals surface area (Å²) in [5, 5.41) is 2.74. The Kier molecular flexibility index (Phi) is 12.6.